The van der Waals surface area contributed by atoms with Gasteiger partial charge in [-0.3, -0.25) is 15.1 Å². The third-order valence-electron chi connectivity index (χ3n) is 5.43. The van der Waals surface area contributed by atoms with Crippen molar-refractivity contribution in [2.75, 3.05) is 0 Å². The number of nitro benzene ring substituents is 1. The summed E-state index contributed by atoms with van der Waals surface area (Å²) in [5.41, 5.74) is -1.76. The summed E-state index contributed by atoms with van der Waals surface area (Å²) in [6, 6.07) is 4.90. The number of aryl methyl sites for hydroxylation is 1. The number of carbonyl (C=O) groups is 1. The molecule has 0 aliphatic carbocycles. The highest BCUT2D eigenvalue weighted by atomic mass is 32.1. The van der Waals surface area contributed by atoms with Gasteiger partial charge in [-0.15, -0.1) is 10.2 Å². The number of nitro groups is 1. The van der Waals surface area contributed by atoms with Crippen LogP contribution in [0.3, 0.4) is 0 Å². The molecule has 0 fully saturated rings. The molecule has 0 aliphatic heterocycles. The van der Waals surface area contributed by atoms with E-state index in [0.29, 0.717) is 21.1 Å². The molecule has 0 radical (unpaired) electrons. The quantitative estimate of drug-likeness (QED) is 0.211. The third kappa shape index (κ3) is 6.96. The van der Waals surface area contributed by atoms with Crippen molar-refractivity contribution in [1.29, 1.82) is 0 Å². The lowest BCUT2D eigenvalue weighted by molar-refractivity contribution is -0.387. The lowest BCUT2D eigenvalue weighted by Crippen LogP contribution is -2.52. The van der Waals surface area contributed by atoms with Crippen LogP contribution in [-0.2, 0) is 19.0 Å². The van der Waals surface area contributed by atoms with E-state index in [1.165, 1.54) is 17.0 Å². The zero-order valence-corrected chi connectivity index (χ0v) is 20.8. The van der Waals surface area contributed by atoms with Crippen molar-refractivity contribution in [3.05, 3.63) is 68.7 Å². The normalized spacial score (nSPS) is 12.8. The third-order valence-corrected chi connectivity index (χ3v) is 6.46. The molecule has 2 heterocycles. The number of aromatic nitrogens is 3. The molecule has 3 aromatic rings. The van der Waals surface area contributed by atoms with Crippen LogP contribution in [0, 0.1) is 15.9 Å². The molecule has 1 atom stereocenters. The van der Waals surface area contributed by atoms with E-state index in [-0.39, 0.29) is 19.3 Å². The minimum absolute atomic E-state index is 0.119. The molecule has 0 spiro atoms. The fraction of sp³-hybridized carbons (Fsp3) is 0.391. The van der Waals surface area contributed by atoms with Gasteiger partial charge in [0.1, 0.15) is 15.7 Å². The van der Waals surface area contributed by atoms with Crippen LogP contribution < -0.4 is 0 Å². The maximum absolute atomic E-state index is 14.0. The first kappa shape index (κ1) is 27.9. The summed E-state index contributed by atoms with van der Waals surface area (Å²) in [5, 5.41) is 29.7. The zero-order chi connectivity index (χ0) is 27.5. The Hall–Kier alpha value is -3.68. The Balaban J connectivity index is 1.82. The Labute approximate surface area is 212 Å². The number of rotatable bonds is 8. The first-order chi connectivity index (χ1) is 17.2. The lowest BCUT2D eigenvalue weighted by Gasteiger charge is -2.40. The van der Waals surface area contributed by atoms with Gasteiger partial charge in [-0.25, -0.2) is 4.79 Å². The van der Waals surface area contributed by atoms with E-state index in [9.17, 15) is 37.6 Å². The SMILES string of the molecule is CC(C)(C)N(C(=O)O)[C@H](CCc1nnc(-c2ccc([N+](=O)[O-])c(F)c2)s1)Cc1ccc(C(F)(F)F)nc1. The van der Waals surface area contributed by atoms with Crippen LogP contribution >= 0.6 is 11.3 Å². The number of hydrogen-bond acceptors (Lipinski definition) is 7. The van der Waals surface area contributed by atoms with Gasteiger partial charge in [0.15, 0.2) is 0 Å². The fourth-order valence-electron chi connectivity index (χ4n) is 3.85. The Bertz CT molecular complexity index is 1280. The summed E-state index contributed by atoms with van der Waals surface area (Å²) in [6.45, 7) is 5.14. The highest BCUT2D eigenvalue weighted by molar-refractivity contribution is 7.14. The maximum Gasteiger partial charge on any atom is 0.433 e. The highest BCUT2D eigenvalue weighted by Gasteiger charge is 2.35. The number of benzene rings is 1. The molecule has 0 bridgehead atoms. The van der Waals surface area contributed by atoms with E-state index in [4.69, 9.17) is 0 Å². The second-order valence-electron chi connectivity index (χ2n) is 9.19. The van der Waals surface area contributed by atoms with Gasteiger partial charge in [-0.2, -0.15) is 17.6 Å². The van der Waals surface area contributed by atoms with Crippen LogP contribution in [0.1, 0.15) is 43.5 Å². The molecular weight excluding hydrogens is 518 g/mol. The lowest BCUT2D eigenvalue weighted by atomic mass is 9.96. The van der Waals surface area contributed by atoms with Crippen LogP contribution in [0.25, 0.3) is 10.6 Å². The van der Waals surface area contributed by atoms with Crippen molar-refractivity contribution in [2.24, 2.45) is 0 Å². The van der Waals surface area contributed by atoms with Crippen molar-refractivity contribution in [1.82, 2.24) is 20.1 Å². The van der Waals surface area contributed by atoms with Crippen LogP contribution in [-0.4, -0.2) is 47.8 Å². The van der Waals surface area contributed by atoms with Gasteiger partial charge in [-0.1, -0.05) is 17.4 Å². The van der Waals surface area contributed by atoms with E-state index >= 15 is 0 Å². The predicted molar refractivity (Wildman–Crippen MR) is 127 cm³/mol. The Morgan fingerprint density at radius 3 is 2.41 bits per heavy atom. The van der Waals surface area contributed by atoms with Crippen LogP contribution in [0.5, 0.6) is 0 Å². The van der Waals surface area contributed by atoms with Crippen molar-refractivity contribution in [2.45, 2.75) is 57.8 Å². The van der Waals surface area contributed by atoms with E-state index in [1.54, 1.807) is 20.8 Å². The predicted octanol–water partition coefficient (Wildman–Crippen LogP) is 5.99. The molecule has 1 amide bonds. The average molecular weight is 542 g/mol. The zero-order valence-electron chi connectivity index (χ0n) is 20.0. The van der Waals surface area contributed by atoms with Gasteiger partial charge in [0.2, 0.25) is 5.82 Å². The monoisotopic (exact) mass is 541 g/mol. The maximum atomic E-state index is 14.0. The van der Waals surface area contributed by atoms with Gasteiger partial charge in [-0.05, 0) is 57.4 Å². The number of halogens is 4. The van der Waals surface area contributed by atoms with Crippen molar-refractivity contribution < 1.29 is 32.4 Å². The number of alkyl halides is 3. The minimum atomic E-state index is -4.58. The molecule has 0 aliphatic rings. The standard InChI is InChI=1S/C23H23F4N5O4S/c1-22(2,3)31(21(33)34)15(10-13-4-8-18(28-12-13)23(25,26)27)6-9-19-29-30-20(37-19)14-5-7-17(32(35)36)16(24)11-14/h4-5,7-8,11-12,15H,6,9-10H2,1-3H3,(H,33,34)/t15-/m1/s1. The fourth-order valence-corrected chi connectivity index (χ4v) is 4.70. The van der Waals surface area contributed by atoms with E-state index in [2.05, 4.69) is 15.2 Å². The summed E-state index contributed by atoms with van der Waals surface area (Å²) in [6.07, 6.45) is -4.01. The van der Waals surface area contributed by atoms with Crippen LogP contribution in [0.4, 0.5) is 28.0 Å². The number of nitrogens with zero attached hydrogens (tertiary/aromatic N) is 5. The van der Waals surface area contributed by atoms with Crippen LogP contribution in [0.15, 0.2) is 36.5 Å². The Kier molecular flexibility index (Phi) is 8.10. The minimum Gasteiger partial charge on any atom is -0.465 e. The number of carboxylic acid groups (broad SMARTS) is 1. The van der Waals surface area contributed by atoms with Crippen molar-refractivity contribution >= 4 is 23.1 Å². The molecule has 37 heavy (non-hydrogen) atoms. The van der Waals surface area contributed by atoms with Gasteiger partial charge in [0, 0.05) is 35.8 Å². The van der Waals surface area contributed by atoms with Gasteiger partial charge in [0.25, 0.3) is 0 Å². The summed E-state index contributed by atoms with van der Waals surface area (Å²) >= 11 is 1.13. The molecule has 0 saturated carbocycles. The topological polar surface area (TPSA) is 122 Å². The molecule has 9 nitrogen and oxygen atoms in total. The Morgan fingerprint density at radius 2 is 1.89 bits per heavy atom. The van der Waals surface area contributed by atoms with Gasteiger partial charge < -0.3 is 10.0 Å². The van der Waals surface area contributed by atoms with E-state index in [1.807, 2.05) is 0 Å². The molecule has 14 heteroatoms. The first-order valence-electron chi connectivity index (χ1n) is 11.0. The summed E-state index contributed by atoms with van der Waals surface area (Å²) in [5.74, 6) is -1.01. The molecule has 1 aromatic carbocycles. The van der Waals surface area contributed by atoms with Gasteiger partial charge in [0.05, 0.1) is 4.92 Å². The second kappa shape index (κ2) is 10.7. The van der Waals surface area contributed by atoms with Crippen molar-refractivity contribution in [3.8, 4) is 10.6 Å². The Morgan fingerprint density at radius 1 is 1.19 bits per heavy atom. The number of amides is 1. The van der Waals surface area contributed by atoms with Gasteiger partial charge >= 0.3 is 18.0 Å². The molecule has 1 N–H and O–H groups in total. The van der Waals surface area contributed by atoms with E-state index < -0.39 is 46.0 Å². The average Bonchev–Trinajstić information content (AvgIpc) is 3.25. The van der Waals surface area contributed by atoms with E-state index in [0.717, 1.165) is 35.7 Å². The first-order valence-corrected chi connectivity index (χ1v) is 11.8. The summed E-state index contributed by atoms with van der Waals surface area (Å²) in [4.78, 5) is 26.8. The number of pyridine rings is 1. The molecule has 0 unspecified atom stereocenters. The molecular formula is C23H23F4N5O4S. The largest absolute Gasteiger partial charge is 0.465 e. The summed E-state index contributed by atoms with van der Waals surface area (Å²) in [7, 11) is 0. The molecule has 198 valence electrons. The smallest absolute Gasteiger partial charge is 0.433 e. The number of hydrogen-bond donors (Lipinski definition) is 1. The molecule has 0 saturated heterocycles. The molecule has 3 rings (SSSR count). The van der Waals surface area contributed by atoms with Crippen molar-refractivity contribution in [3.63, 3.8) is 0 Å². The second-order valence-corrected chi connectivity index (χ2v) is 10.3. The van der Waals surface area contributed by atoms with Crippen LogP contribution in [0.2, 0.25) is 0 Å². The molecule has 2 aromatic heterocycles. The highest BCUT2D eigenvalue weighted by Crippen LogP contribution is 2.31. The summed E-state index contributed by atoms with van der Waals surface area (Å²) < 4.78 is 52.6.